The molecule has 0 aliphatic heterocycles. The normalized spacial score (nSPS) is 10.2. The monoisotopic (exact) mass is 306 g/mol. The van der Waals surface area contributed by atoms with Gasteiger partial charge in [0.15, 0.2) is 0 Å². The number of hydrogen-bond acceptors (Lipinski definition) is 3. The van der Waals surface area contributed by atoms with Crippen LogP contribution in [0.5, 0.6) is 0 Å². The molecule has 1 amide bonds. The molecule has 21 heavy (non-hydrogen) atoms. The third-order valence-electron chi connectivity index (χ3n) is 2.79. The highest BCUT2D eigenvalue weighted by Crippen LogP contribution is 2.09. The summed E-state index contributed by atoms with van der Waals surface area (Å²) in [5.41, 5.74) is 1.51. The third-order valence-corrected chi connectivity index (χ3v) is 3.04. The Balaban J connectivity index is 1.94. The number of amides is 1. The lowest BCUT2D eigenvalue weighted by Gasteiger charge is -2.04. The van der Waals surface area contributed by atoms with Crippen LogP contribution in [0.1, 0.15) is 33.5 Å². The Morgan fingerprint density at radius 1 is 1.14 bits per heavy atom. The van der Waals surface area contributed by atoms with E-state index in [1.54, 1.807) is 25.1 Å². The molecule has 1 aromatic carbocycles. The smallest absolute Gasteiger partial charge is 0.354 e. The van der Waals surface area contributed by atoms with Crippen LogP contribution in [0, 0.1) is 0 Å². The van der Waals surface area contributed by atoms with Gasteiger partial charge in [0.05, 0.1) is 6.61 Å². The van der Waals surface area contributed by atoms with Crippen molar-refractivity contribution in [1.29, 1.82) is 0 Å². The molecule has 0 atom stereocenters. The van der Waals surface area contributed by atoms with E-state index >= 15 is 0 Å². The maximum absolute atomic E-state index is 12.0. The number of ether oxygens (including phenoxy) is 1. The predicted octanol–water partition coefficient (Wildman–Crippen LogP) is 2.77. The van der Waals surface area contributed by atoms with Gasteiger partial charge in [0.25, 0.3) is 5.91 Å². The van der Waals surface area contributed by atoms with E-state index in [4.69, 9.17) is 16.3 Å². The average molecular weight is 307 g/mol. The van der Waals surface area contributed by atoms with Gasteiger partial charge in [0.1, 0.15) is 11.4 Å². The fourth-order valence-electron chi connectivity index (χ4n) is 1.74. The Morgan fingerprint density at radius 3 is 2.48 bits per heavy atom. The van der Waals surface area contributed by atoms with Crippen LogP contribution in [0.25, 0.3) is 0 Å². The highest BCUT2D eigenvalue weighted by atomic mass is 35.5. The van der Waals surface area contributed by atoms with E-state index in [1.807, 2.05) is 12.1 Å². The molecule has 2 N–H and O–H groups in total. The number of aromatic nitrogens is 1. The number of esters is 1. The Bertz CT molecular complexity index is 635. The van der Waals surface area contributed by atoms with E-state index in [0.29, 0.717) is 17.3 Å². The fraction of sp³-hybridized carbons (Fsp3) is 0.200. The molecule has 0 aliphatic carbocycles. The van der Waals surface area contributed by atoms with Gasteiger partial charge in [0, 0.05) is 11.6 Å². The Labute approximate surface area is 127 Å². The van der Waals surface area contributed by atoms with Crippen LogP contribution in [0.4, 0.5) is 0 Å². The van der Waals surface area contributed by atoms with Crippen molar-refractivity contribution in [3.8, 4) is 0 Å². The van der Waals surface area contributed by atoms with Crippen molar-refractivity contribution in [3.63, 3.8) is 0 Å². The minimum absolute atomic E-state index is 0.258. The van der Waals surface area contributed by atoms with Gasteiger partial charge in [-0.05, 0) is 36.8 Å². The van der Waals surface area contributed by atoms with Crippen LogP contribution < -0.4 is 5.32 Å². The van der Waals surface area contributed by atoms with Crippen molar-refractivity contribution in [2.45, 2.75) is 13.5 Å². The molecular weight excluding hydrogens is 292 g/mol. The fourth-order valence-corrected chi connectivity index (χ4v) is 1.86. The van der Waals surface area contributed by atoms with Crippen LogP contribution >= 0.6 is 11.6 Å². The Morgan fingerprint density at radius 2 is 1.81 bits per heavy atom. The maximum atomic E-state index is 12.0. The van der Waals surface area contributed by atoms with Crippen molar-refractivity contribution in [1.82, 2.24) is 10.3 Å². The first kappa shape index (κ1) is 15.1. The zero-order valence-corrected chi connectivity index (χ0v) is 12.2. The van der Waals surface area contributed by atoms with Crippen LogP contribution in [0.15, 0.2) is 36.4 Å². The SMILES string of the molecule is CCOC(=O)c1ccc(C(=O)NCc2ccc(Cl)cc2)[nH]1. The van der Waals surface area contributed by atoms with E-state index < -0.39 is 5.97 Å². The molecule has 0 spiro atoms. The molecular formula is C15H15ClN2O3. The van der Waals surface area contributed by atoms with E-state index in [9.17, 15) is 9.59 Å². The molecule has 1 heterocycles. The lowest BCUT2D eigenvalue weighted by molar-refractivity contribution is 0.0520. The second-order valence-corrected chi connectivity index (χ2v) is 4.75. The highest BCUT2D eigenvalue weighted by Gasteiger charge is 2.13. The number of carbonyl (C=O) groups is 2. The number of benzene rings is 1. The van der Waals surface area contributed by atoms with Gasteiger partial charge >= 0.3 is 5.97 Å². The first-order valence-electron chi connectivity index (χ1n) is 6.49. The van der Waals surface area contributed by atoms with Crippen molar-refractivity contribution < 1.29 is 14.3 Å². The number of nitrogens with one attached hydrogen (secondary N) is 2. The standard InChI is InChI=1S/C15H15ClN2O3/c1-2-21-15(20)13-8-7-12(18-13)14(19)17-9-10-3-5-11(16)6-4-10/h3-8,18H,2,9H2,1H3,(H,17,19). The van der Waals surface area contributed by atoms with Gasteiger partial charge < -0.3 is 15.0 Å². The second-order valence-electron chi connectivity index (χ2n) is 4.32. The molecule has 6 heteroatoms. The summed E-state index contributed by atoms with van der Waals surface area (Å²) in [5.74, 6) is -0.769. The lowest BCUT2D eigenvalue weighted by atomic mass is 10.2. The summed E-state index contributed by atoms with van der Waals surface area (Å²) in [6.07, 6.45) is 0. The molecule has 0 fully saturated rings. The van der Waals surface area contributed by atoms with Crippen LogP contribution in [0.3, 0.4) is 0 Å². The summed E-state index contributed by atoms with van der Waals surface area (Å²) in [7, 11) is 0. The van der Waals surface area contributed by atoms with Gasteiger partial charge in [-0.15, -0.1) is 0 Å². The molecule has 2 aromatic rings. The maximum Gasteiger partial charge on any atom is 0.354 e. The number of hydrogen-bond donors (Lipinski definition) is 2. The third kappa shape index (κ3) is 4.10. The number of carbonyl (C=O) groups excluding carboxylic acids is 2. The summed E-state index contributed by atoms with van der Waals surface area (Å²) >= 11 is 5.79. The summed E-state index contributed by atoms with van der Waals surface area (Å²) in [4.78, 5) is 26.2. The Kier molecular flexibility index (Phi) is 5.00. The summed E-state index contributed by atoms with van der Waals surface area (Å²) in [6, 6.07) is 10.3. The summed E-state index contributed by atoms with van der Waals surface area (Å²) < 4.78 is 4.85. The largest absolute Gasteiger partial charge is 0.461 e. The molecule has 5 nitrogen and oxygen atoms in total. The first-order chi connectivity index (χ1) is 10.1. The van der Waals surface area contributed by atoms with Gasteiger partial charge in [-0.25, -0.2) is 4.79 Å². The number of H-pyrrole nitrogens is 1. The molecule has 2 rings (SSSR count). The molecule has 1 aromatic heterocycles. The molecule has 0 bridgehead atoms. The molecule has 0 saturated heterocycles. The van der Waals surface area contributed by atoms with Gasteiger partial charge in [-0.1, -0.05) is 23.7 Å². The molecule has 110 valence electrons. The number of rotatable bonds is 5. The molecule has 0 unspecified atom stereocenters. The molecule has 0 aliphatic rings. The van der Waals surface area contributed by atoms with E-state index in [2.05, 4.69) is 10.3 Å². The Hall–Kier alpha value is -2.27. The van der Waals surface area contributed by atoms with Gasteiger partial charge in [0.2, 0.25) is 0 Å². The van der Waals surface area contributed by atoms with Crippen molar-refractivity contribution >= 4 is 23.5 Å². The summed E-state index contributed by atoms with van der Waals surface area (Å²) in [6.45, 7) is 2.39. The molecule has 0 saturated carbocycles. The van der Waals surface area contributed by atoms with E-state index in [-0.39, 0.29) is 18.2 Å². The van der Waals surface area contributed by atoms with E-state index in [0.717, 1.165) is 5.56 Å². The van der Waals surface area contributed by atoms with Crippen LogP contribution in [0.2, 0.25) is 5.02 Å². The van der Waals surface area contributed by atoms with Crippen LogP contribution in [-0.2, 0) is 11.3 Å². The summed E-state index contributed by atoms with van der Waals surface area (Å²) in [5, 5.41) is 3.40. The minimum Gasteiger partial charge on any atom is -0.461 e. The van der Waals surface area contributed by atoms with E-state index in [1.165, 1.54) is 6.07 Å². The highest BCUT2D eigenvalue weighted by molar-refractivity contribution is 6.30. The average Bonchev–Trinajstić information content (AvgIpc) is 2.96. The van der Waals surface area contributed by atoms with Crippen molar-refractivity contribution in [2.75, 3.05) is 6.61 Å². The predicted molar refractivity (Wildman–Crippen MR) is 79.4 cm³/mol. The lowest BCUT2D eigenvalue weighted by Crippen LogP contribution is -2.23. The zero-order valence-electron chi connectivity index (χ0n) is 11.5. The van der Waals surface area contributed by atoms with Gasteiger partial charge in [-0.3, -0.25) is 4.79 Å². The topological polar surface area (TPSA) is 71.2 Å². The quantitative estimate of drug-likeness (QED) is 0.834. The minimum atomic E-state index is -0.478. The number of halogens is 1. The molecule has 0 radical (unpaired) electrons. The zero-order chi connectivity index (χ0) is 15.2. The number of aromatic amines is 1. The van der Waals surface area contributed by atoms with Crippen molar-refractivity contribution in [3.05, 3.63) is 58.4 Å². The van der Waals surface area contributed by atoms with Crippen LogP contribution in [-0.4, -0.2) is 23.5 Å². The first-order valence-corrected chi connectivity index (χ1v) is 6.86. The second kappa shape index (κ2) is 6.95. The van der Waals surface area contributed by atoms with Gasteiger partial charge in [-0.2, -0.15) is 0 Å². The van der Waals surface area contributed by atoms with Crippen molar-refractivity contribution in [2.24, 2.45) is 0 Å².